The third-order valence-corrected chi connectivity index (χ3v) is 5.06. The molecular weight excluding hydrogens is 352 g/mol. The Morgan fingerprint density at radius 3 is 2.39 bits per heavy atom. The summed E-state index contributed by atoms with van der Waals surface area (Å²) in [5.41, 5.74) is 2.52. The average Bonchev–Trinajstić information content (AvgIpc) is 3.24. The predicted octanol–water partition coefficient (Wildman–Crippen LogP) is 3.77. The smallest absolute Gasteiger partial charge is 0.220 e. The highest BCUT2D eigenvalue weighted by molar-refractivity contribution is 5.75. The molecule has 1 amide bonds. The molecule has 1 aliphatic heterocycles. The van der Waals surface area contributed by atoms with Crippen LogP contribution in [0.2, 0.25) is 0 Å². The zero-order valence-corrected chi connectivity index (χ0v) is 16.7. The highest BCUT2D eigenvalue weighted by atomic mass is 16.5. The molecule has 150 valence electrons. The van der Waals surface area contributed by atoms with Crippen molar-refractivity contribution in [2.75, 3.05) is 26.8 Å². The van der Waals surface area contributed by atoms with Gasteiger partial charge in [0.25, 0.3) is 0 Å². The Kier molecular flexibility index (Phi) is 7.73. The first-order valence-corrected chi connectivity index (χ1v) is 10.1. The molecule has 0 atom stereocenters. The van der Waals surface area contributed by atoms with Gasteiger partial charge in [0.1, 0.15) is 11.5 Å². The van der Waals surface area contributed by atoms with Gasteiger partial charge in [-0.1, -0.05) is 24.3 Å². The summed E-state index contributed by atoms with van der Waals surface area (Å²) in [7, 11) is 1.64. The van der Waals surface area contributed by atoms with E-state index in [1.807, 2.05) is 30.3 Å². The van der Waals surface area contributed by atoms with Crippen LogP contribution in [0.4, 0.5) is 0 Å². The molecule has 5 heteroatoms. The van der Waals surface area contributed by atoms with Crippen LogP contribution in [-0.2, 0) is 17.9 Å². The Balaban J connectivity index is 1.37. The van der Waals surface area contributed by atoms with Gasteiger partial charge < -0.3 is 14.8 Å². The van der Waals surface area contributed by atoms with Gasteiger partial charge in [-0.25, -0.2) is 0 Å². The van der Waals surface area contributed by atoms with Gasteiger partial charge in [0.05, 0.1) is 13.7 Å². The number of carbonyl (C=O) groups is 1. The SMILES string of the molecule is COc1ccc(OCCCC(=O)NCc2ccccc2CN2CCCC2)cc1. The van der Waals surface area contributed by atoms with Gasteiger partial charge in [0, 0.05) is 19.5 Å². The van der Waals surface area contributed by atoms with Crippen molar-refractivity contribution in [1.29, 1.82) is 0 Å². The average molecular weight is 383 g/mol. The number of amides is 1. The van der Waals surface area contributed by atoms with Gasteiger partial charge in [-0.15, -0.1) is 0 Å². The lowest BCUT2D eigenvalue weighted by Gasteiger charge is -2.17. The number of benzene rings is 2. The number of carbonyl (C=O) groups excluding carboxylic acids is 1. The van der Waals surface area contributed by atoms with Crippen LogP contribution in [0.1, 0.15) is 36.8 Å². The molecule has 1 saturated heterocycles. The summed E-state index contributed by atoms with van der Waals surface area (Å²) in [4.78, 5) is 14.7. The van der Waals surface area contributed by atoms with Crippen LogP contribution < -0.4 is 14.8 Å². The maximum atomic E-state index is 12.2. The van der Waals surface area contributed by atoms with Crippen LogP contribution in [0, 0.1) is 0 Å². The van der Waals surface area contributed by atoms with Crippen molar-refractivity contribution < 1.29 is 14.3 Å². The Bertz CT molecular complexity index is 740. The molecule has 3 rings (SSSR count). The third-order valence-electron chi connectivity index (χ3n) is 5.06. The predicted molar refractivity (Wildman–Crippen MR) is 111 cm³/mol. The molecule has 0 unspecified atom stereocenters. The molecule has 5 nitrogen and oxygen atoms in total. The molecule has 0 spiro atoms. The van der Waals surface area contributed by atoms with E-state index in [9.17, 15) is 4.79 Å². The fourth-order valence-electron chi connectivity index (χ4n) is 3.44. The van der Waals surface area contributed by atoms with E-state index in [4.69, 9.17) is 9.47 Å². The minimum absolute atomic E-state index is 0.0642. The number of hydrogen-bond acceptors (Lipinski definition) is 4. The summed E-state index contributed by atoms with van der Waals surface area (Å²) in [6.07, 6.45) is 3.73. The van der Waals surface area contributed by atoms with Crippen LogP contribution in [0.25, 0.3) is 0 Å². The lowest BCUT2D eigenvalue weighted by Crippen LogP contribution is -2.25. The van der Waals surface area contributed by atoms with E-state index in [-0.39, 0.29) is 5.91 Å². The number of hydrogen-bond donors (Lipinski definition) is 1. The van der Waals surface area contributed by atoms with Crippen LogP contribution in [0.3, 0.4) is 0 Å². The Labute approximate surface area is 167 Å². The molecule has 1 heterocycles. The fourth-order valence-corrected chi connectivity index (χ4v) is 3.44. The fraction of sp³-hybridized carbons (Fsp3) is 0.435. The molecule has 2 aromatic rings. The van der Waals surface area contributed by atoms with E-state index in [1.54, 1.807) is 7.11 Å². The summed E-state index contributed by atoms with van der Waals surface area (Å²) in [5, 5.41) is 3.05. The summed E-state index contributed by atoms with van der Waals surface area (Å²) >= 11 is 0. The summed E-state index contributed by atoms with van der Waals surface area (Å²) in [6.45, 7) is 4.43. The summed E-state index contributed by atoms with van der Waals surface area (Å²) in [6, 6.07) is 15.9. The van der Waals surface area contributed by atoms with Crippen molar-refractivity contribution in [3.8, 4) is 11.5 Å². The Hall–Kier alpha value is -2.53. The van der Waals surface area contributed by atoms with Gasteiger partial charge in [-0.2, -0.15) is 0 Å². The number of rotatable bonds is 10. The molecule has 2 aromatic carbocycles. The van der Waals surface area contributed by atoms with Crippen molar-refractivity contribution in [1.82, 2.24) is 10.2 Å². The monoisotopic (exact) mass is 382 g/mol. The summed E-state index contributed by atoms with van der Waals surface area (Å²) in [5.74, 6) is 1.66. The first-order valence-electron chi connectivity index (χ1n) is 10.1. The number of likely N-dealkylation sites (tertiary alicyclic amines) is 1. The molecule has 1 aliphatic rings. The molecule has 0 radical (unpaired) electrons. The van der Waals surface area contributed by atoms with E-state index >= 15 is 0 Å². The third kappa shape index (κ3) is 6.27. The van der Waals surface area contributed by atoms with Gasteiger partial charge in [0.2, 0.25) is 5.91 Å². The van der Waals surface area contributed by atoms with E-state index in [0.717, 1.165) is 18.0 Å². The van der Waals surface area contributed by atoms with Crippen LogP contribution in [-0.4, -0.2) is 37.6 Å². The van der Waals surface area contributed by atoms with Crippen LogP contribution >= 0.6 is 0 Å². The second kappa shape index (κ2) is 10.7. The molecule has 1 fully saturated rings. The zero-order chi connectivity index (χ0) is 19.6. The summed E-state index contributed by atoms with van der Waals surface area (Å²) < 4.78 is 10.8. The maximum Gasteiger partial charge on any atom is 0.220 e. The number of methoxy groups -OCH3 is 1. The Morgan fingerprint density at radius 2 is 1.68 bits per heavy atom. The number of nitrogens with one attached hydrogen (secondary N) is 1. The van der Waals surface area contributed by atoms with Crippen molar-refractivity contribution in [3.63, 3.8) is 0 Å². The van der Waals surface area contributed by atoms with E-state index < -0.39 is 0 Å². The first kappa shape index (κ1) is 20.2. The van der Waals surface area contributed by atoms with Gasteiger partial charge in [-0.05, 0) is 67.7 Å². The first-order chi connectivity index (χ1) is 13.7. The maximum absolute atomic E-state index is 12.2. The molecule has 0 aromatic heterocycles. The van der Waals surface area contributed by atoms with Gasteiger partial charge >= 0.3 is 0 Å². The molecule has 0 bridgehead atoms. The number of ether oxygens (including phenoxy) is 2. The second-order valence-corrected chi connectivity index (χ2v) is 7.16. The Morgan fingerprint density at radius 1 is 1.00 bits per heavy atom. The minimum Gasteiger partial charge on any atom is -0.497 e. The highest BCUT2D eigenvalue weighted by Crippen LogP contribution is 2.18. The van der Waals surface area contributed by atoms with Gasteiger partial charge in [-0.3, -0.25) is 9.69 Å². The second-order valence-electron chi connectivity index (χ2n) is 7.16. The van der Waals surface area contributed by atoms with E-state index in [1.165, 1.54) is 37.1 Å². The van der Waals surface area contributed by atoms with Crippen molar-refractivity contribution in [2.45, 2.75) is 38.8 Å². The topological polar surface area (TPSA) is 50.8 Å². The molecule has 1 N–H and O–H groups in total. The molecule has 0 aliphatic carbocycles. The molecule has 0 saturated carbocycles. The van der Waals surface area contributed by atoms with Crippen LogP contribution in [0.15, 0.2) is 48.5 Å². The molecule has 28 heavy (non-hydrogen) atoms. The van der Waals surface area contributed by atoms with Crippen molar-refractivity contribution in [3.05, 3.63) is 59.7 Å². The quantitative estimate of drug-likeness (QED) is 0.636. The van der Waals surface area contributed by atoms with E-state index in [0.29, 0.717) is 26.0 Å². The van der Waals surface area contributed by atoms with Crippen molar-refractivity contribution >= 4 is 5.91 Å². The minimum atomic E-state index is 0.0642. The van der Waals surface area contributed by atoms with Gasteiger partial charge in [0.15, 0.2) is 0 Å². The largest absolute Gasteiger partial charge is 0.497 e. The van der Waals surface area contributed by atoms with Crippen molar-refractivity contribution in [2.24, 2.45) is 0 Å². The van der Waals surface area contributed by atoms with Crippen LogP contribution in [0.5, 0.6) is 11.5 Å². The highest BCUT2D eigenvalue weighted by Gasteiger charge is 2.13. The molecular formula is C23H30N2O3. The lowest BCUT2D eigenvalue weighted by molar-refractivity contribution is -0.121. The standard InChI is InChI=1S/C23H30N2O3/c1-27-21-10-12-22(13-11-21)28-16-6-9-23(26)24-17-19-7-2-3-8-20(19)18-25-14-4-5-15-25/h2-3,7-8,10-13H,4-6,9,14-18H2,1H3,(H,24,26). The lowest BCUT2D eigenvalue weighted by atomic mass is 10.1. The normalized spacial score (nSPS) is 14.0. The van der Waals surface area contributed by atoms with E-state index in [2.05, 4.69) is 28.4 Å². The zero-order valence-electron chi connectivity index (χ0n) is 16.7. The number of nitrogens with zero attached hydrogens (tertiary/aromatic N) is 1.